The molecule has 0 aliphatic carbocycles. The van der Waals surface area contributed by atoms with Crippen molar-refractivity contribution in [3.63, 3.8) is 0 Å². The van der Waals surface area contributed by atoms with Crippen LogP contribution in [-0.2, 0) is 0 Å². The zero-order valence-corrected chi connectivity index (χ0v) is 20.5. The van der Waals surface area contributed by atoms with Crippen molar-refractivity contribution in [2.75, 3.05) is 12.4 Å². The van der Waals surface area contributed by atoms with Crippen molar-refractivity contribution in [1.82, 2.24) is 5.32 Å². The number of carbonyl (C=O) groups excluding carboxylic acids is 1. The minimum atomic E-state index is -0.334. The van der Waals surface area contributed by atoms with Crippen molar-refractivity contribution in [2.45, 2.75) is 55.4 Å². The summed E-state index contributed by atoms with van der Waals surface area (Å²) in [5.74, 6) is 0.158. The monoisotopic (exact) mass is 425 g/mol. The number of allylic oxidation sites excluding steroid dienone is 2. The van der Waals surface area contributed by atoms with E-state index >= 15 is 0 Å². The second kappa shape index (κ2) is 14.0. The molecule has 0 saturated carbocycles. The first-order valence-electron chi connectivity index (χ1n) is 10.6. The Balaban J connectivity index is 0.000000745. The Labute approximate surface area is 188 Å². The summed E-state index contributed by atoms with van der Waals surface area (Å²) in [6.07, 6.45) is 1.86. The summed E-state index contributed by atoms with van der Waals surface area (Å²) in [4.78, 5) is 16.1. The van der Waals surface area contributed by atoms with Crippen LogP contribution in [0.25, 0.3) is 0 Å². The van der Waals surface area contributed by atoms with Crippen molar-refractivity contribution in [3.8, 4) is 5.75 Å². The smallest absolute Gasteiger partial charge is 0.323 e. The normalized spacial score (nSPS) is 11.4. The van der Waals surface area contributed by atoms with E-state index in [1.807, 2.05) is 26.8 Å². The predicted octanol–water partition coefficient (Wildman–Crippen LogP) is 6.86. The number of nitrogens with one attached hydrogen (secondary N) is 2. The van der Waals surface area contributed by atoms with E-state index in [-0.39, 0.29) is 17.2 Å². The van der Waals surface area contributed by atoms with Gasteiger partial charge in [0.15, 0.2) is 0 Å². The van der Waals surface area contributed by atoms with Crippen LogP contribution in [0.15, 0.2) is 65.3 Å². The molecule has 0 aliphatic rings. The van der Waals surface area contributed by atoms with Gasteiger partial charge in [0.1, 0.15) is 5.75 Å². The van der Waals surface area contributed by atoms with Gasteiger partial charge in [0.25, 0.3) is 0 Å². The highest BCUT2D eigenvalue weighted by atomic mass is 16.3. The van der Waals surface area contributed by atoms with E-state index in [4.69, 9.17) is 0 Å². The number of aliphatic imine (C=N–C) groups is 1. The number of urea groups is 1. The minimum Gasteiger partial charge on any atom is -0.508 e. The number of aryl methyl sites for hydroxylation is 2. The summed E-state index contributed by atoms with van der Waals surface area (Å²) in [6.45, 7) is 16.2. The van der Waals surface area contributed by atoms with Gasteiger partial charge in [-0.2, -0.15) is 0 Å². The first-order valence-corrected chi connectivity index (χ1v) is 10.6. The summed E-state index contributed by atoms with van der Waals surface area (Å²) in [6, 6.07) is 14.4. The van der Waals surface area contributed by atoms with Crippen LogP contribution in [0.4, 0.5) is 10.5 Å². The standard InChI is InChI=1S/C16H23N3O2.C8H10.C2H6/c1-11(10-14(17-5)16(2,3)4)18-15(21)19-12-6-8-13(20)9-7-12;1-7-3-5-8(2)6-4-7;1-2/h6-10,20H,1-5H3,(H2,18,19,21);3-6H,1-2H3;1-2H3/b11-10+,17-14?;;. The van der Waals surface area contributed by atoms with E-state index in [0.717, 1.165) is 5.71 Å². The van der Waals surface area contributed by atoms with Crippen molar-refractivity contribution in [1.29, 1.82) is 0 Å². The molecule has 2 aromatic carbocycles. The summed E-state index contributed by atoms with van der Waals surface area (Å²) in [7, 11) is 1.74. The van der Waals surface area contributed by atoms with Gasteiger partial charge in [-0.25, -0.2) is 4.79 Å². The molecular weight excluding hydrogens is 386 g/mol. The van der Waals surface area contributed by atoms with E-state index < -0.39 is 0 Å². The van der Waals surface area contributed by atoms with Gasteiger partial charge < -0.3 is 15.7 Å². The highest BCUT2D eigenvalue weighted by Gasteiger charge is 2.16. The molecule has 2 aromatic rings. The fourth-order valence-corrected chi connectivity index (χ4v) is 2.38. The van der Waals surface area contributed by atoms with Gasteiger partial charge in [0.2, 0.25) is 0 Å². The Morgan fingerprint density at radius 3 is 1.77 bits per heavy atom. The first-order chi connectivity index (χ1) is 14.5. The molecular formula is C26H39N3O2. The lowest BCUT2D eigenvalue weighted by Crippen LogP contribution is -2.28. The van der Waals surface area contributed by atoms with E-state index in [9.17, 15) is 9.90 Å². The largest absolute Gasteiger partial charge is 0.508 e. The van der Waals surface area contributed by atoms with E-state index in [0.29, 0.717) is 11.4 Å². The second-order valence-corrected chi connectivity index (χ2v) is 7.97. The van der Waals surface area contributed by atoms with Crippen LogP contribution in [0.2, 0.25) is 0 Å². The predicted molar refractivity (Wildman–Crippen MR) is 134 cm³/mol. The summed E-state index contributed by atoms with van der Waals surface area (Å²) < 4.78 is 0. The van der Waals surface area contributed by atoms with Crippen LogP contribution in [0.1, 0.15) is 52.7 Å². The number of aromatic hydroxyl groups is 1. The molecule has 0 unspecified atom stereocenters. The number of nitrogens with zero attached hydrogens (tertiary/aromatic N) is 1. The Bertz CT molecular complexity index is 823. The fraction of sp³-hybridized carbons (Fsp3) is 0.385. The molecule has 5 heteroatoms. The van der Waals surface area contributed by atoms with Gasteiger partial charge >= 0.3 is 6.03 Å². The lowest BCUT2D eigenvalue weighted by atomic mass is 9.89. The average Bonchev–Trinajstić information content (AvgIpc) is 2.71. The maximum absolute atomic E-state index is 11.9. The van der Waals surface area contributed by atoms with Gasteiger partial charge in [-0.05, 0) is 51.1 Å². The van der Waals surface area contributed by atoms with Crippen LogP contribution in [0.3, 0.4) is 0 Å². The lowest BCUT2D eigenvalue weighted by Gasteiger charge is -2.19. The van der Waals surface area contributed by atoms with Gasteiger partial charge in [-0.1, -0.05) is 70.0 Å². The van der Waals surface area contributed by atoms with Crippen molar-refractivity contribution in [3.05, 3.63) is 71.4 Å². The van der Waals surface area contributed by atoms with Crippen LogP contribution in [-0.4, -0.2) is 23.9 Å². The Morgan fingerprint density at radius 2 is 1.39 bits per heavy atom. The van der Waals surface area contributed by atoms with Crippen molar-refractivity contribution < 1.29 is 9.90 Å². The number of rotatable bonds is 3. The molecule has 0 saturated heterocycles. The second-order valence-electron chi connectivity index (χ2n) is 7.97. The highest BCUT2D eigenvalue weighted by molar-refractivity contribution is 6.00. The van der Waals surface area contributed by atoms with Crippen LogP contribution < -0.4 is 10.6 Å². The third-order valence-electron chi connectivity index (χ3n) is 4.02. The molecule has 31 heavy (non-hydrogen) atoms. The molecule has 0 fully saturated rings. The zero-order chi connectivity index (χ0) is 24.0. The number of phenols is 1. The third kappa shape index (κ3) is 12.3. The molecule has 0 bridgehead atoms. The number of benzene rings is 2. The van der Waals surface area contributed by atoms with Gasteiger partial charge in [0.05, 0.1) is 0 Å². The lowest BCUT2D eigenvalue weighted by molar-refractivity contribution is 0.254. The van der Waals surface area contributed by atoms with Gasteiger partial charge in [0, 0.05) is 29.6 Å². The Morgan fingerprint density at radius 1 is 0.935 bits per heavy atom. The number of carbonyl (C=O) groups is 1. The van der Waals surface area contributed by atoms with E-state index in [2.05, 4.69) is 74.5 Å². The molecule has 0 radical (unpaired) electrons. The van der Waals surface area contributed by atoms with Crippen molar-refractivity contribution in [2.24, 2.45) is 10.4 Å². The molecule has 0 spiro atoms. The number of hydrogen-bond donors (Lipinski definition) is 3. The van der Waals surface area contributed by atoms with Crippen LogP contribution >= 0.6 is 0 Å². The SMILES string of the molecule is CC.CN=C(/C=C(\C)NC(=O)Nc1ccc(O)cc1)C(C)(C)C.Cc1ccc(C)cc1. The van der Waals surface area contributed by atoms with Crippen LogP contribution in [0, 0.1) is 19.3 Å². The van der Waals surface area contributed by atoms with Crippen molar-refractivity contribution >= 4 is 17.4 Å². The molecule has 0 atom stereocenters. The summed E-state index contributed by atoms with van der Waals surface area (Å²) in [5.41, 5.74) is 4.81. The number of anilines is 1. The van der Waals surface area contributed by atoms with E-state index in [1.165, 1.54) is 23.3 Å². The first kappa shape index (κ1) is 27.9. The molecule has 2 amide bonds. The molecule has 0 aliphatic heterocycles. The number of phenolic OH excluding ortho intramolecular Hbond substituents is 1. The number of amides is 2. The Kier molecular flexibility index (Phi) is 12.6. The quantitative estimate of drug-likeness (QED) is 0.371. The topological polar surface area (TPSA) is 73.7 Å². The van der Waals surface area contributed by atoms with Gasteiger partial charge in [-0.15, -0.1) is 0 Å². The molecule has 5 nitrogen and oxygen atoms in total. The van der Waals surface area contributed by atoms with E-state index in [1.54, 1.807) is 19.2 Å². The van der Waals surface area contributed by atoms with Gasteiger partial charge in [-0.3, -0.25) is 4.99 Å². The maximum Gasteiger partial charge on any atom is 0.323 e. The molecule has 0 heterocycles. The molecule has 3 N–H and O–H groups in total. The third-order valence-corrected chi connectivity index (χ3v) is 4.02. The Hall–Kier alpha value is -3.08. The average molecular weight is 426 g/mol. The molecule has 170 valence electrons. The zero-order valence-electron chi connectivity index (χ0n) is 20.5. The summed E-state index contributed by atoms with van der Waals surface area (Å²) >= 11 is 0. The van der Waals surface area contributed by atoms with Crippen LogP contribution in [0.5, 0.6) is 5.75 Å². The maximum atomic E-state index is 11.9. The highest BCUT2D eigenvalue weighted by Crippen LogP contribution is 2.18. The minimum absolute atomic E-state index is 0.0783. The number of hydrogen-bond acceptors (Lipinski definition) is 3. The molecule has 2 rings (SSSR count). The summed E-state index contributed by atoms with van der Waals surface area (Å²) in [5, 5.41) is 14.6. The fourth-order valence-electron chi connectivity index (χ4n) is 2.38. The molecule has 0 aromatic heterocycles.